The molecular formula is C13H25N5O2S. The smallest absolute Gasteiger partial charge is 0.246 e. The first kappa shape index (κ1) is 16.4. The Kier molecular flexibility index (Phi) is 5.37. The maximum Gasteiger partial charge on any atom is 0.246 e. The van der Waals surface area contributed by atoms with Crippen molar-refractivity contribution in [2.75, 3.05) is 47.3 Å². The Morgan fingerprint density at radius 2 is 2.00 bits per heavy atom. The number of likely N-dealkylation sites (tertiary alicyclic amines) is 1. The van der Waals surface area contributed by atoms with Gasteiger partial charge in [-0.25, -0.2) is 8.42 Å². The van der Waals surface area contributed by atoms with Gasteiger partial charge in [0.15, 0.2) is 0 Å². The molecule has 0 spiro atoms. The Morgan fingerprint density at radius 3 is 2.52 bits per heavy atom. The average molecular weight is 315 g/mol. The van der Waals surface area contributed by atoms with E-state index in [0.717, 1.165) is 25.9 Å². The van der Waals surface area contributed by atoms with Gasteiger partial charge in [0, 0.05) is 25.3 Å². The van der Waals surface area contributed by atoms with E-state index in [0.29, 0.717) is 13.1 Å². The van der Waals surface area contributed by atoms with Gasteiger partial charge < -0.3 is 9.80 Å². The van der Waals surface area contributed by atoms with Crippen molar-refractivity contribution in [3.05, 3.63) is 12.4 Å². The Morgan fingerprint density at radius 1 is 1.33 bits per heavy atom. The van der Waals surface area contributed by atoms with E-state index in [1.165, 1.54) is 12.4 Å². The van der Waals surface area contributed by atoms with E-state index < -0.39 is 10.0 Å². The highest BCUT2D eigenvalue weighted by Crippen LogP contribution is 2.23. The van der Waals surface area contributed by atoms with Crippen LogP contribution in [0, 0.1) is 0 Å². The zero-order valence-electron chi connectivity index (χ0n) is 13.0. The van der Waals surface area contributed by atoms with Gasteiger partial charge in [-0.1, -0.05) is 0 Å². The maximum absolute atomic E-state index is 12.8. The standard InChI is InChI=1S/C13H25N5O2S/c1-16(2)8-9-18(12-4-6-17(3)7-5-12)21(19,20)13-10-14-15-11-13/h10-12H,4-9H2,1-3H3,(H,14,15). The molecule has 0 atom stereocenters. The average Bonchev–Trinajstić information content (AvgIpc) is 2.95. The number of sulfonamides is 1. The molecule has 1 aromatic rings. The van der Waals surface area contributed by atoms with Gasteiger partial charge in [0.25, 0.3) is 0 Å². The van der Waals surface area contributed by atoms with Crippen molar-refractivity contribution < 1.29 is 8.42 Å². The molecule has 0 amide bonds. The Balaban J connectivity index is 2.19. The van der Waals surface area contributed by atoms with Crippen molar-refractivity contribution in [3.8, 4) is 0 Å². The molecule has 2 heterocycles. The number of H-pyrrole nitrogens is 1. The third kappa shape index (κ3) is 4.03. The molecule has 0 unspecified atom stereocenters. The van der Waals surface area contributed by atoms with Gasteiger partial charge >= 0.3 is 0 Å². The van der Waals surface area contributed by atoms with Crippen molar-refractivity contribution >= 4 is 10.0 Å². The lowest BCUT2D eigenvalue weighted by Gasteiger charge is -2.36. The monoisotopic (exact) mass is 315 g/mol. The number of rotatable bonds is 6. The fraction of sp³-hybridized carbons (Fsp3) is 0.769. The minimum Gasteiger partial charge on any atom is -0.308 e. The molecule has 1 aliphatic heterocycles. The molecule has 1 aliphatic rings. The molecule has 7 nitrogen and oxygen atoms in total. The highest BCUT2D eigenvalue weighted by atomic mass is 32.2. The van der Waals surface area contributed by atoms with Crippen LogP contribution in [0.25, 0.3) is 0 Å². The van der Waals surface area contributed by atoms with E-state index in [1.54, 1.807) is 4.31 Å². The predicted octanol–water partition coefficient (Wildman–Crippen LogP) is 0.0562. The Hall–Kier alpha value is -0.960. The van der Waals surface area contributed by atoms with E-state index in [9.17, 15) is 8.42 Å². The van der Waals surface area contributed by atoms with Gasteiger partial charge in [0.2, 0.25) is 10.0 Å². The van der Waals surface area contributed by atoms with Crippen LogP contribution in [-0.4, -0.2) is 86.1 Å². The van der Waals surface area contributed by atoms with E-state index in [2.05, 4.69) is 22.1 Å². The van der Waals surface area contributed by atoms with Crippen molar-refractivity contribution in [2.45, 2.75) is 23.8 Å². The zero-order chi connectivity index (χ0) is 15.5. The third-order valence-electron chi connectivity index (χ3n) is 3.94. The topological polar surface area (TPSA) is 72.5 Å². The van der Waals surface area contributed by atoms with E-state index in [-0.39, 0.29) is 10.9 Å². The van der Waals surface area contributed by atoms with Crippen LogP contribution in [0.15, 0.2) is 17.3 Å². The van der Waals surface area contributed by atoms with Gasteiger partial charge in [-0.2, -0.15) is 9.40 Å². The van der Waals surface area contributed by atoms with E-state index in [1.807, 2.05) is 19.0 Å². The second-order valence-electron chi connectivity index (χ2n) is 5.89. The quantitative estimate of drug-likeness (QED) is 0.803. The van der Waals surface area contributed by atoms with Crippen molar-refractivity contribution in [2.24, 2.45) is 0 Å². The minimum atomic E-state index is -3.48. The maximum atomic E-state index is 12.8. The van der Waals surface area contributed by atoms with Crippen LogP contribution in [0.4, 0.5) is 0 Å². The summed E-state index contributed by atoms with van der Waals surface area (Å²) >= 11 is 0. The molecule has 120 valence electrons. The molecule has 0 bridgehead atoms. The van der Waals surface area contributed by atoms with Crippen LogP contribution in [0.2, 0.25) is 0 Å². The second-order valence-corrected chi connectivity index (χ2v) is 7.78. The molecular weight excluding hydrogens is 290 g/mol. The first-order valence-electron chi connectivity index (χ1n) is 7.25. The van der Waals surface area contributed by atoms with Crippen LogP contribution in [0.3, 0.4) is 0 Å². The number of likely N-dealkylation sites (N-methyl/N-ethyl adjacent to an activating group) is 1. The summed E-state index contributed by atoms with van der Waals surface area (Å²) in [5, 5.41) is 6.36. The first-order chi connectivity index (χ1) is 9.91. The lowest BCUT2D eigenvalue weighted by atomic mass is 10.1. The van der Waals surface area contributed by atoms with Crippen LogP contribution in [-0.2, 0) is 10.0 Å². The summed E-state index contributed by atoms with van der Waals surface area (Å²) in [5.74, 6) is 0. The van der Waals surface area contributed by atoms with Crippen LogP contribution in [0.5, 0.6) is 0 Å². The van der Waals surface area contributed by atoms with Gasteiger partial charge in [-0.15, -0.1) is 0 Å². The normalized spacial score (nSPS) is 18.7. The van der Waals surface area contributed by atoms with E-state index in [4.69, 9.17) is 0 Å². The largest absolute Gasteiger partial charge is 0.308 e. The highest BCUT2D eigenvalue weighted by molar-refractivity contribution is 7.89. The van der Waals surface area contributed by atoms with Crippen molar-refractivity contribution in [1.29, 1.82) is 0 Å². The van der Waals surface area contributed by atoms with Crippen LogP contribution < -0.4 is 0 Å². The number of hydrogen-bond acceptors (Lipinski definition) is 5. The second kappa shape index (κ2) is 6.87. The Labute approximate surface area is 127 Å². The molecule has 0 radical (unpaired) electrons. The summed E-state index contributed by atoms with van der Waals surface area (Å²) in [7, 11) is 2.51. The lowest BCUT2D eigenvalue weighted by Crippen LogP contribution is -2.48. The first-order valence-corrected chi connectivity index (χ1v) is 8.69. The summed E-state index contributed by atoms with van der Waals surface area (Å²) in [5.41, 5.74) is 0. The van der Waals surface area contributed by atoms with Gasteiger partial charge in [0.05, 0.1) is 6.20 Å². The number of aromatic nitrogens is 2. The molecule has 8 heteroatoms. The molecule has 0 aromatic carbocycles. The number of hydrogen-bond donors (Lipinski definition) is 1. The molecule has 21 heavy (non-hydrogen) atoms. The predicted molar refractivity (Wildman–Crippen MR) is 81.6 cm³/mol. The third-order valence-corrected chi connectivity index (χ3v) is 5.86. The molecule has 1 saturated heterocycles. The fourth-order valence-electron chi connectivity index (χ4n) is 2.60. The SMILES string of the molecule is CN(C)CCN(C1CCN(C)CC1)S(=O)(=O)c1cn[nH]c1. The molecule has 2 rings (SSSR count). The number of nitrogens with zero attached hydrogens (tertiary/aromatic N) is 4. The molecule has 0 aliphatic carbocycles. The summed E-state index contributed by atoms with van der Waals surface area (Å²) in [6, 6.07) is 0.0704. The van der Waals surface area contributed by atoms with Crippen LogP contribution in [0.1, 0.15) is 12.8 Å². The van der Waals surface area contributed by atoms with Crippen molar-refractivity contribution in [1.82, 2.24) is 24.3 Å². The summed E-state index contributed by atoms with van der Waals surface area (Å²) in [6.45, 7) is 3.09. The molecule has 1 fully saturated rings. The van der Waals surface area contributed by atoms with E-state index >= 15 is 0 Å². The van der Waals surface area contributed by atoms with Gasteiger partial charge in [0.1, 0.15) is 4.90 Å². The highest BCUT2D eigenvalue weighted by Gasteiger charge is 2.33. The number of nitrogens with one attached hydrogen (secondary N) is 1. The van der Waals surface area contributed by atoms with Crippen molar-refractivity contribution in [3.63, 3.8) is 0 Å². The lowest BCUT2D eigenvalue weighted by molar-refractivity contribution is 0.175. The Bertz CT molecular complexity index is 521. The molecule has 0 saturated carbocycles. The number of aromatic amines is 1. The fourth-order valence-corrected chi connectivity index (χ4v) is 4.18. The van der Waals surface area contributed by atoms with Gasteiger partial charge in [-0.3, -0.25) is 5.10 Å². The molecule has 1 aromatic heterocycles. The van der Waals surface area contributed by atoms with Crippen LogP contribution >= 0.6 is 0 Å². The number of piperidine rings is 1. The minimum absolute atomic E-state index is 0.0704. The summed E-state index contributed by atoms with van der Waals surface area (Å²) < 4.78 is 27.3. The van der Waals surface area contributed by atoms with Gasteiger partial charge in [-0.05, 0) is 47.1 Å². The summed E-state index contributed by atoms with van der Waals surface area (Å²) in [6.07, 6.45) is 4.59. The zero-order valence-corrected chi connectivity index (χ0v) is 13.8. The molecule has 1 N–H and O–H groups in total. The summed E-state index contributed by atoms with van der Waals surface area (Å²) in [4.78, 5) is 4.50.